The molecule has 0 saturated heterocycles. The Morgan fingerprint density at radius 3 is 1.83 bits per heavy atom. The second-order valence-corrected chi connectivity index (χ2v) is 15.3. The lowest BCUT2D eigenvalue weighted by Gasteiger charge is -2.14. The van der Waals surface area contributed by atoms with Crippen LogP contribution in [0.25, 0.3) is 121 Å². The van der Waals surface area contributed by atoms with Crippen LogP contribution in [0.2, 0.25) is 0 Å². The number of aromatic nitrogens is 4. The fourth-order valence-electron chi connectivity index (χ4n) is 9.54. The van der Waals surface area contributed by atoms with Crippen molar-refractivity contribution >= 4 is 87.2 Å². The molecule has 0 fully saturated rings. The molecule has 0 N–H and O–H groups in total. The maximum Gasteiger partial charge on any atom is 0.235 e. The van der Waals surface area contributed by atoms with E-state index in [1.807, 2.05) is 12.1 Å². The normalized spacial score (nSPS) is 12.1. The smallest absolute Gasteiger partial charge is 0.235 e. The number of benzene rings is 9. The lowest BCUT2D eigenvalue weighted by Crippen LogP contribution is -2.03. The molecule has 0 aliphatic rings. The van der Waals surface area contributed by atoms with Crippen molar-refractivity contribution in [3.05, 3.63) is 194 Å². The van der Waals surface area contributed by atoms with E-state index in [0.717, 1.165) is 77.2 Å². The molecule has 0 spiro atoms. The first-order valence-corrected chi connectivity index (χ1v) is 20.0. The van der Waals surface area contributed by atoms with Gasteiger partial charge in [-0.15, -0.1) is 0 Å². The summed E-state index contributed by atoms with van der Waals surface area (Å²) in [7, 11) is 0. The standard InChI is InChI=1S/C54H32N4O/c1-2-14-35(15-3-1)57-47-24-12-8-21-42(47)52-40-19-5-4-16-36(40)43(32-49(52)57)33-26-28-38-37-17-7-11-23-46(37)58(48(38)31-33)54-55-45-22-10-6-20-41(45)53(56-54)34-27-29-51-44(30-34)39-18-9-13-25-50(39)59-51/h1-32H. The number of nitrogens with zero attached hydrogens (tertiary/aromatic N) is 4. The quantitative estimate of drug-likeness (QED) is 0.180. The molecule has 0 aliphatic carbocycles. The van der Waals surface area contributed by atoms with Gasteiger partial charge in [-0.1, -0.05) is 127 Å². The molecule has 274 valence electrons. The first-order chi connectivity index (χ1) is 29.3. The van der Waals surface area contributed by atoms with E-state index in [-0.39, 0.29) is 0 Å². The topological polar surface area (TPSA) is 48.8 Å². The summed E-state index contributed by atoms with van der Waals surface area (Å²) >= 11 is 0. The SMILES string of the molecule is c1ccc(-n2c3ccccc3c3c4ccccc4c(-c4ccc5c6ccccc6n(-c6nc(-c7ccc8oc9ccccc9c8c7)c7ccccc7n6)c5c4)cc32)cc1. The van der Waals surface area contributed by atoms with E-state index in [1.54, 1.807) is 0 Å². The van der Waals surface area contributed by atoms with Crippen LogP contribution in [-0.2, 0) is 0 Å². The average Bonchev–Trinajstić information content (AvgIpc) is 3.96. The van der Waals surface area contributed by atoms with Gasteiger partial charge in [0.2, 0.25) is 5.95 Å². The summed E-state index contributed by atoms with van der Waals surface area (Å²) in [4.78, 5) is 10.8. The first-order valence-electron chi connectivity index (χ1n) is 20.0. The highest BCUT2D eigenvalue weighted by atomic mass is 16.3. The third-order valence-electron chi connectivity index (χ3n) is 12.1. The van der Waals surface area contributed by atoms with E-state index in [9.17, 15) is 0 Å². The molecule has 0 unspecified atom stereocenters. The number of fused-ring (bicyclic) bond motifs is 12. The van der Waals surface area contributed by atoms with Crippen molar-refractivity contribution in [3.63, 3.8) is 0 Å². The summed E-state index contributed by atoms with van der Waals surface area (Å²) in [5.74, 6) is 0.628. The molecule has 0 amide bonds. The van der Waals surface area contributed by atoms with Gasteiger partial charge in [-0.3, -0.25) is 4.57 Å². The molecular formula is C54H32N4O. The maximum atomic E-state index is 6.21. The summed E-state index contributed by atoms with van der Waals surface area (Å²) in [6.07, 6.45) is 0. The molecule has 0 saturated carbocycles. The predicted octanol–water partition coefficient (Wildman–Crippen LogP) is 14.2. The van der Waals surface area contributed by atoms with Gasteiger partial charge in [0.15, 0.2) is 0 Å². The number of para-hydroxylation sites is 5. The van der Waals surface area contributed by atoms with Crippen molar-refractivity contribution in [2.75, 3.05) is 0 Å². The fraction of sp³-hybridized carbons (Fsp3) is 0. The second kappa shape index (κ2) is 12.2. The van der Waals surface area contributed by atoms with Crippen LogP contribution < -0.4 is 0 Å². The van der Waals surface area contributed by atoms with Crippen LogP contribution in [0.4, 0.5) is 0 Å². The van der Waals surface area contributed by atoms with E-state index in [2.05, 4.69) is 191 Å². The molecule has 59 heavy (non-hydrogen) atoms. The average molecular weight is 753 g/mol. The van der Waals surface area contributed by atoms with Crippen molar-refractivity contribution in [1.29, 1.82) is 0 Å². The predicted molar refractivity (Wildman–Crippen MR) is 244 cm³/mol. The molecule has 13 aromatic rings. The molecule has 13 rings (SSSR count). The van der Waals surface area contributed by atoms with Crippen molar-refractivity contribution in [2.45, 2.75) is 0 Å². The van der Waals surface area contributed by atoms with E-state index >= 15 is 0 Å². The largest absolute Gasteiger partial charge is 0.456 e. The number of hydrogen-bond donors (Lipinski definition) is 0. The van der Waals surface area contributed by atoms with Gasteiger partial charge in [-0.05, 0) is 88.6 Å². The zero-order valence-corrected chi connectivity index (χ0v) is 31.7. The minimum atomic E-state index is 0.628. The Hall–Kier alpha value is -8.02. The monoisotopic (exact) mass is 752 g/mol. The van der Waals surface area contributed by atoms with Crippen molar-refractivity contribution in [3.8, 4) is 34.0 Å². The number of hydrogen-bond acceptors (Lipinski definition) is 3. The Bertz CT molecular complexity index is 3850. The summed E-state index contributed by atoms with van der Waals surface area (Å²) in [6, 6.07) is 69.1. The van der Waals surface area contributed by atoms with Gasteiger partial charge in [0, 0.05) is 49.0 Å². The van der Waals surface area contributed by atoms with Crippen LogP contribution in [0.1, 0.15) is 0 Å². The van der Waals surface area contributed by atoms with Crippen molar-refractivity contribution in [1.82, 2.24) is 19.1 Å². The molecule has 0 radical (unpaired) electrons. The van der Waals surface area contributed by atoms with Crippen LogP contribution in [-0.4, -0.2) is 19.1 Å². The van der Waals surface area contributed by atoms with E-state index in [0.29, 0.717) is 5.95 Å². The van der Waals surface area contributed by atoms with Gasteiger partial charge in [0.05, 0.1) is 33.3 Å². The lowest BCUT2D eigenvalue weighted by atomic mass is 9.94. The van der Waals surface area contributed by atoms with Crippen LogP contribution in [0.15, 0.2) is 199 Å². The van der Waals surface area contributed by atoms with Gasteiger partial charge < -0.3 is 8.98 Å². The van der Waals surface area contributed by atoms with Gasteiger partial charge in [0.1, 0.15) is 11.2 Å². The van der Waals surface area contributed by atoms with Gasteiger partial charge in [0.25, 0.3) is 0 Å². The lowest BCUT2D eigenvalue weighted by molar-refractivity contribution is 0.669. The minimum absolute atomic E-state index is 0.628. The molecule has 9 aromatic carbocycles. The zero-order valence-electron chi connectivity index (χ0n) is 31.7. The van der Waals surface area contributed by atoms with Crippen molar-refractivity contribution in [2.24, 2.45) is 0 Å². The van der Waals surface area contributed by atoms with E-state index in [4.69, 9.17) is 14.4 Å². The van der Waals surface area contributed by atoms with Gasteiger partial charge in [-0.25, -0.2) is 9.97 Å². The van der Waals surface area contributed by atoms with Gasteiger partial charge in [-0.2, -0.15) is 0 Å². The molecule has 4 heterocycles. The highest BCUT2D eigenvalue weighted by Crippen LogP contribution is 2.43. The molecule has 0 bridgehead atoms. The summed E-state index contributed by atoms with van der Waals surface area (Å²) in [5, 5.41) is 10.4. The first kappa shape index (κ1) is 32.1. The number of furan rings is 1. The minimum Gasteiger partial charge on any atom is -0.456 e. The summed E-state index contributed by atoms with van der Waals surface area (Å²) < 4.78 is 10.9. The van der Waals surface area contributed by atoms with E-state index in [1.165, 1.54) is 38.1 Å². The molecular weight excluding hydrogens is 721 g/mol. The molecule has 0 atom stereocenters. The Labute approximate surface area is 337 Å². The van der Waals surface area contributed by atoms with Crippen molar-refractivity contribution < 1.29 is 4.42 Å². The van der Waals surface area contributed by atoms with Crippen LogP contribution in [0.3, 0.4) is 0 Å². The Balaban J connectivity index is 1.08. The third-order valence-corrected chi connectivity index (χ3v) is 12.1. The van der Waals surface area contributed by atoms with Crippen LogP contribution >= 0.6 is 0 Å². The summed E-state index contributed by atoms with van der Waals surface area (Å²) in [6.45, 7) is 0. The highest BCUT2D eigenvalue weighted by molar-refractivity contribution is 6.24. The summed E-state index contributed by atoms with van der Waals surface area (Å²) in [5.41, 5.74) is 12.4. The highest BCUT2D eigenvalue weighted by Gasteiger charge is 2.21. The molecule has 0 aliphatic heterocycles. The molecule has 4 aromatic heterocycles. The molecule has 5 nitrogen and oxygen atoms in total. The van der Waals surface area contributed by atoms with E-state index < -0.39 is 0 Å². The fourth-order valence-corrected chi connectivity index (χ4v) is 9.54. The Kier molecular flexibility index (Phi) is 6.66. The van der Waals surface area contributed by atoms with Crippen LogP contribution in [0, 0.1) is 0 Å². The second-order valence-electron chi connectivity index (χ2n) is 15.3. The van der Waals surface area contributed by atoms with Crippen LogP contribution in [0.5, 0.6) is 0 Å². The Morgan fingerprint density at radius 1 is 0.356 bits per heavy atom. The Morgan fingerprint density at radius 2 is 0.983 bits per heavy atom. The van der Waals surface area contributed by atoms with Gasteiger partial charge >= 0.3 is 0 Å². The number of rotatable bonds is 4. The molecule has 5 heteroatoms. The third kappa shape index (κ3) is 4.67. The maximum absolute atomic E-state index is 6.21. The zero-order chi connectivity index (χ0) is 38.6.